The van der Waals surface area contributed by atoms with E-state index in [0.717, 1.165) is 0 Å². The molecule has 1 unspecified atom stereocenters. The highest BCUT2D eigenvalue weighted by Crippen LogP contribution is 2.15. The zero-order valence-corrected chi connectivity index (χ0v) is 8.65. The number of aliphatic hydroxyl groups is 1. The summed E-state index contributed by atoms with van der Waals surface area (Å²) < 4.78 is 2.31. The molecule has 0 bridgehead atoms. The SMILES string of the molecule is CC(O)Cn1cc(C(=O)O)cc1Br. The van der Waals surface area contributed by atoms with Crippen molar-refractivity contribution >= 4 is 21.9 Å². The van der Waals surface area contributed by atoms with Crippen LogP contribution in [0.25, 0.3) is 0 Å². The fraction of sp³-hybridized carbons (Fsp3) is 0.375. The lowest BCUT2D eigenvalue weighted by Crippen LogP contribution is -2.10. The first kappa shape index (κ1) is 10.3. The number of aromatic carboxylic acids is 1. The number of rotatable bonds is 3. The van der Waals surface area contributed by atoms with Crippen molar-refractivity contribution in [2.24, 2.45) is 0 Å². The fourth-order valence-corrected chi connectivity index (χ4v) is 1.51. The van der Waals surface area contributed by atoms with Gasteiger partial charge in [-0.1, -0.05) is 0 Å². The third-order valence-electron chi connectivity index (χ3n) is 1.55. The number of nitrogens with zero attached hydrogens (tertiary/aromatic N) is 1. The number of hydrogen-bond donors (Lipinski definition) is 2. The molecule has 0 saturated carbocycles. The second-order valence-corrected chi connectivity index (χ2v) is 3.67. The van der Waals surface area contributed by atoms with Crippen molar-refractivity contribution in [2.45, 2.75) is 19.6 Å². The molecular weight excluding hydrogens is 238 g/mol. The van der Waals surface area contributed by atoms with Crippen molar-refractivity contribution in [3.8, 4) is 0 Å². The van der Waals surface area contributed by atoms with Gasteiger partial charge in [-0.3, -0.25) is 0 Å². The molecule has 0 aromatic carbocycles. The third-order valence-corrected chi connectivity index (χ3v) is 2.24. The summed E-state index contributed by atoms with van der Waals surface area (Å²) in [5.74, 6) is -0.968. The van der Waals surface area contributed by atoms with Crippen LogP contribution in [-0.2, 0) is 6.54 Å². The Hall–Kier alpha value is -0.810. The minimum absolute atomic E-state index is 0.215. The molecule has 1 rings (SSSR count). The molecule has 13 heavy (non-hydrogen) atoms. The lowest BCUT2D eigenvalue weighted by Gasteiger charge is -2.06. The molecule has 4 nitrogen and oxygen atoms in total. The molecule has 0 fully saturated rings. The van der Waals surface area contributed by atoms with Crippen molar-refractivity contribution in [2.75, 3.05) is 0 Å². The van der Waals surface area contributed by atoms with E-state index in [-0.39, 0.29) is 5.56 Å². The largest absolute Gasteiger partial charge is 0.478 e. The van der Waals surface area contributed by atoms with Gasteiger partial charge in [0.2, 0.25) is 0 Å². The quantitative estimate of drug-likeness (QED) is 0.848. The van der Waals surface area contributed by atoms with Crippen LogP contribution in [-0.4, -0.2) is 26.9 Å². The molecule has 1 aromatic heterocycles. The molecule has 0 aliphatic carbocycles. The van der Waals surface area contributed by atoms with E-state index in [1.165, 1.54) is 12.3 Å². The summed E-state index contributed by atoms with van der Waals surface area (Å²) in [6.07, 6.45) is 0.990. The Kier molecular flexibility index (Phi) is 3.11. The average molecular weight is 248 g/mol. The van der Waals surface area contributed by atoms with Crippen LogP contribution in [0.15, 0.2) is 16.9 Å². The molecule has 2 N–H and O–H groups in total. The summed E-state index contributed by atoms with van der Waals surface area (Å²) in [6.45, 7) is 2.03. The van der Waals surface area contributed by atoms with Gasteiger partial charge in [0.25, 0.3) is 0 Å². The number of hydrogen-bond acceptors (Lipinski definition) is 2. The van der Waals surface area contributed by atoms with Crippen LogP contribution in [0.5, 0.6) is 0 Å². The first-order valence-electron chi connectivity index (χ1n) is 3.77. The summed E-state index contributed by atoms with van der Waals surface area (Å²) in [5.41, 5.74) is 0.215. The van der Waals surface area contributed by atoms with Gasteiger partial charge in [0.05, 0.1) is 16.3 Å². The van der Waals surface area contributed by atoms with Crippen LogP contribution >= 0.6 is 15.9 Å². The molecule has 0 aliphatic rings. The average Bonchev–Trinajstić information content (AvgIpc) is 2.31. The number of aliphatic hydroxyl groups excluding tert-OH is 1. The number of aromatic nitrogens is 1. The second-order valence-electron chi connectivity index (χ2n) is 2.86. The topological polar surface area (TPSA) is 62.5 Å². The monoisotopic (exact) mass is 247 g/mol. The molecule has 0 radical (unpaired) electrons. The Bertz CT molecular complexity index is 319. The van der Waals surface area contributed by atoms with E-state index in [0.29, 0.717) is 11.1 Å². The third kappa shape index (κ3) is 2.57. The van der Waals surface area contributed by atoms with Gasteiger partial charge in [0, 0.05) is 12.7 Å². The molecule has 0 aliphatic heterocycles. The molecular formula is C8H10BrNO3. The highest BCUT2D eigenvalue weighted by atomic mass is 79.9. The minimum atomic E-state index is -0.968. The predicted molar refractivity (Wildman–Crippen MR) is 50.8 cm³/mol. The maximum atomic E-state index is 10.6. The van der Waals surface area contributed by atoms with E-state index in [1.54, 1.807) is 11.5 Å². The highest BCUT2D eigenvalue weighted by molar-refractivity contribution is 9.10. The van der Waals surface area contributed by atoms with Gasteiger partial charge in [-0.15, -0.1) is 0 Å². The van der Waals surface area contributed by atoms with E-state index in [2.05, 4.69) is 15.9 Å². The van der Waals surface area contributed by atoms with Crippen molar-refractivity contribution < 1.29 is 15.0 Å². The zero-order valence-electron chi connectivity index (χ0n) is 7.07. The normalized spacial score (nSPS) is 12.8. The molecule has 1 atom stereocenters. The van der Waals surface area contributed by atoms with Gasteiger partial charge in [-0.25, -0.2) is 4.79 Å². The van der Waals surface area contributed by atoms with E-state index in [4.69, 9.17) is 10.2 Å². The molecule has 0 saturated heterocycles. The van der Waals surface area contributed by atoms with E-state index in [1.807, 2.05) is 0 Å². The molecule has 1 heterocycles. The van der Waals surface area contributed by atoms with Gasteiger partial charge in [-0.2, -0.15) is 0 Å². The van der Waals surface area contributed by atoms with Gasteiger partial charge < -0.3 is 14.8 Å². The van der Waals surface area contributed by atoms with Gasteiger partial charge in [0.1, 0.15) is 0 Å². The number of carboxylic acids is 1. The van der Waals surface area contributed by atoms with Crippen LogP contribution < -0.4 is 0 Å². The number of carbonyl (C=O) groups is 1. The summed E-state index contributed by atoms with van der Waals surface area (Å²) in [6, 6.07) is 1.50. The smallest absolute Gasteiger partial charge is 0.337 e. The lowest BCUT2D eigenvalue weighted by atomic mass is 10.3. The van der Waals surface area contributed by atoms with Crippen molar-refractivity contribution in [3.63, 3.8) is 0 Å². The minimum Gasteiger partial charge on any atom is -0.478 e. The Balaban J connectivity index is 2.90. The first-order chi connectivity index (χ1) is 6.00. The zero-order chi connectivity index (χ0) is 10.0. The standard InChI is InChI=1S/C8H10BrNO3/c1-5(11)3-10-4-6(8(12)13)2-7(10)9/h2,4-5,11H,3H2,1H3,(H,12,13). The van der Waals surface area contributed by atoms with Gasteiger partial charge in [-0.05, 0) is 28.9 Å². The molecule has 72 valence electrons. The fourth-order valence-electron chi connectivity index (χ4n) is 1.02. The second kappa shape index (κ2) is 3.93. The predicted octanol–water partition coefficient (Wildman–Crippen LogP) is 1.33. The van der Waals surface area contributed by atoms with Crippen LogP contribution in [0, 0.1) is 0 Å². The number of halogens is 1. The van der Waals surface area contributed by atoms with Crippen LogP contribution in [0.4, 0.5) is 0 Å². The van der Waals surface area contributed by atoms with Gasteiger partial charge >= 0.3 is 5.97 Å². The van der Waals surface area contributed by atoms with Crippen LogP contribution in [0.2, 0.25) is 0 Å². The molecule has 0 amide bonds. The van der Waals surface area contributed by atoms with Crippen molar-refractivity contribution in [1.29, 1.82) is 0 Å². The Labute approximate surface area is 83.9 Å². The molecule has 5 heteroatoms. The van der Waals surface area contributed by atoms with Crippen LogP contribution in [0.3, 0.4) is 0 Å². The summed E-state index contributed by atoms with van der Waals surface area (Å²) in [4.78, 5) is 10.6. The highest BCUT2D eigenvalue weighted by Gasteiger charge is 2.09. The van der Waals surface area contributed by atoms with Crippen molar-refractivity contribution in [1.82, 2.24) is 4.57 Å². The van der Waals surface area contributed by atoms with Gasteiger partial charge in [0.15, 0.2) is 0 Å². The Morgan fingerprint density at radius 2 is 2.38 bits per heavy atom. The first-order valence-corrected chi connectivity index (χ1v) is 4.57. The Morgan fingerprint density at radius 1 is 1.77 bits per heavy atom. The van der Waals surface area contributed by atoms with E-state index in [9.17, 15) is 4.79 Å². The van der Waals surface area contributed by atoms with Crippen LogP contribution in [0.1, 0.15) is 17.3 Å². The van der Waals surface area contributed by atoms with Crippen molar-refractivity contribution in [3.05, 3.63) is 22.4 Å². The molecule has 0 spiro atoms. The summed E-state index contributed by atoms with van der Waals surface area (Å²) in [5, 5.41) is 17.7. The maximum absolute atomic E-state index is 10.6. The Morgan fingerprint density at radius 3 is 2.77 bits per heavy atom. The van der Waals surface area contributed by atoms with E-state index >= 15 is 0 Å². The lowest BCUT2D eigenvalue weighted by molar-refractivity contribution is 0.0696. The summed E-state index contributed by atoms with van der Waals surface area (Å²) in [7, 11) is 0. The van der Waals surface area contributed by atoms with E-state index < -0.39 is 12.1 Å². The summed E-state index contributed by atoms with van der Waals surface area (Å²) >= 11 is 3.20. The maximum Gasteiger partial charge on any atom is 0.337 e. The number of carboxylic acid groups (broad SMARTS) is 1. The molecule has 1 aromatic rings.